The third-order valence-corrected chi connectivity index (χ3v) is 1.04. The Morgan fingerprint density at radius 2 is 2.36 bits per heavy atom. The molecule has 0 unspecified atom stereocenters. The van der Waals surface area contributed by atoms with E-state index in [1.54, 1.807) is 12.2 Å². The first-order valence-electron chi connectivity index (χ1n) is 3.31. The summed E-state index contributed by atoms with van der Waals surface area (Å²) in [6.45, 7) is 3.49. The van der Waals surface area contributed by atoms with Gasteiger partial charge in [-0.2, -0.15) is 0 Å². The quantitative estimate of drug-likeness (QED) is 0.274. The van der Waals surface area contributed by atoms with Crippen molar-refractivity contribution in [3.63, 3.8) is 0 Å². The van der Waals surface area contributed by atoms with Gasteiger partial charge in [0.15, 0.2) is 0 Å². The first-order valence-corrected chi connectivity index (χ1v) is 3.31. The second-order valence-corrected chi connectivity index (χ2v) is 1.93. The van der Waals surface area contributed by atoms with Gasteiger partial charge in [0.05, 0.1) is 10.3 Å². The largest absolute Gasteiger partial charge is 0.372 e. The van der Waals surface area contributed by atoms with Gasteiger partial charge < -0.3 is 0 Å². The molecule has 0 aliphatic rings. The molecule has 0 aliphatic heterocycles. The van der Waals surface area contributed by atoms with Crippen LogP contribution in [0, 0.1) is 5.53 Å². The van der Waals surface area contributed by atoms with E-state index in [-0.39, 0.29) is 5.78 Å². The Bertz CT molecular complexity index is 212. The van der Waals surface area contributed by atoms with Crippen LogP contribution >= 0.6 is 0 Å². The zero-order valence-electron chi connectivity index (χ0n) is 6.29. The van der Waals surface area contributed by atoms with E-state index in [1.807, 2.05) is 6.08 Å². The topological polar surface area (TPSA) is 55.0 Å². The molecule has 58 valence electrons. The molecule has 0 aromatic rings. The number of carbonyl (C=O) groups is 1. The molecule has 0 amide bonds. The molecule has 0 spiro atoms. The number of nitrogens with zero attached hydrogens (tertiary/aromatic N) is 1. The van der Waals surface area contributed by atoms with Crippen LogP contribution in [0.1, 0.15) is 12.8 Å². The van der Waals surface area contributed by atoms with Gasteiger partial charge in [0, 0.05) is 6.42 Å². The van der Waals surface area contributed by atoms with Gasteiger partial charge in [0.1, 0.15) is 0 Å². The van der Waals surface area contributed by atoms with Crippen molar-refractivity contribution < 1.29 is 9.58 Å². The number of carbonyl (C=O) groups excluding carboxylic acids is 1. The predicted molar refractivity (Wildman–Crippen MR) is 42.6 cm³/mol. The third kappa shape index (κ3) is 6.41. The Morgan fingerprint density at radius 1 is 1.64 bits per heavy atom. The number of nitrogens with one attached hydrogen (secondary N) is 1. The van der Waals surface area contributed by atoms with Crippen LogP contribution in [0.25, 0.3) is 0 Å². The van der Waals surface area contributed by atoms with Crippen LogP contribution in [-0.4, -0.2) is 16.8 Å². The fourth-order valence-electron chi connectivity index (χ4n) is 0.555. The Morgan fingerprint density at radius 3 is 2.91 bits per heavy atom. The van der Waals surface area contributed by atoms with E-state index in [2.05, 4.69) is 11.4 Å². The summed E-state index contributed by atoms with van der Waals surface area (Å²) in [6, 6.07) is 0. The second kappa shape index (κ2) is 6.65. The monoisotopic (exact) mass is 151 g/mol. The van der Waals surface area contributed by atoms with E-state index in [0.717, 1.165) is 6.21 Å². The van der Waals surface area contributed by atoms with Crippen LogP contribution in [0.2, 0.25) is 0 Å². The molecule has 0 heterocycles. The van der Waals surface area contributed by atoms with Gasteiger partial charge in [-0.1, -0.05) is 24.8 Å². The van der Waals surface area contributed by atoms with Gasteiger partial charge in [-0.05, 0) is 6.42 Å². The van der Waals surface area contributed by atoms with Crippen molar-refractivity contribution in [2.75, 3.05) is 0 Å². The molecule has 0 radical (unpaired) electrons. The third-order valence-electron chi connectivity index (χ3n) is 1.04. The second-order valence-electron chi connectivity index (χ2n) is 1.93. The van der Waals surface area contributed by atoms with Crippen molar-refractivity contribution in [1.82, 2.24) is 0 Å². The van der Waals surface area contributed by atoms with Crippen LogP contribution < -0.4 is 0 Å². The Balaban J connectivity index is 3.54. The number of allylic oxidation sites excluding steroid dienone is 3. The molecular weight excluding hydrogens is 140 g/mol. The zero-order chi connectivity index (χ0) is 8.53. The molecular formula is C8H11N2O+. The molecule has 11 heavy (non-hydrogen) atoms. The van der Waals surface area contributed by atoms with Crippen LogP contribution in [0.15, 0.2) is 24.8 Å². The standard InChI is InChI=1S/C8H11N2O/c1-2-3-4-5-6-8(11)7-10-9/h2-4,7,9H,1,5-6H2/q+1. The normalized spacial score (nSPS) is 9.09. The highest BCUT2D eigenvalue weighted by Crippen LogP contribution is 1.90. The summed E-state index contributed by atoms with van der Waals surface area (Å²) in [5.41, 5.74) is 6.36. The zero-order valence-corrected chi connectivity index (χ0v) is 6.29. The van der Waals surface area contributed by atoms with E-state index in [0.29, 0.717) is 12.8 Å². The maximum atomic E-state index is 10.7. The average Bonchev–Trinajstić information content (AvgIpc) is 1.99. The fourth-order valence-corrected chi connectivity index (χ4v) is 0.555. The Labute approximate surface area is 65.7 Å². The van der Waals surface area contributed by atoms with Gasteiger partial charge in [-0.15, -0.1) is 0 Å². The maximum Gasteiger partial charge on any atom is 0.372 e. The highest BCUT2D eigenvalue weighted by molar-refractivity contribution is 6.25. The van der Waals surface area contributed by atoms with E-state index in [4.69, 9.17) is 5.53 Å². The molecule has 0 bridgehead atoms. The first kappa shape index (κ1) is 9.53. The van der Waals surface area contributed by atoms with E-state index in [1.165, 1.54) is 0 Å². The number of hydrogen-bond acceptors (Lipinski definition) is 2. The molecule has 0 aromatic carbocycles. The van der Waals surface area contributed by atoms with Crippen molar-refractivity contribution in [2.24, 2.45) is 0 Å². The fraction of sp³-hybridized carbons (Fsp3) is 0.250. The minimum absolute atomic E-state index is 0.117. The lowest BCUT2D eigenvalue weighted by atomic mass is 10.2. The molecule has 0 saturated heterocycles. The molecule has 0 aliphatic carbocycles. The van der Waals surface area contributed by atoms with Crippen molar-refractivity contribution in [3.05, 3.63) is 24.8 Å². The summed E-state index contributed by atoms with van der Waals surface area (Å²) < 4.78 is 0. The maximum absolute atomic E-state index is 10.7. The van der Waals surface area contributed by atoms with Crippen LogP contribution in [0.3, 0.4) is 0 Å². The summed E-state index contributed by atoms with van der Waals surface area (Å²) in [5, 5.41) is 0. The average molecular weight is 151 g/mol. The van der Waals surface area contributed by atoms with E-state index >= 15 is 0 Å². The van der Waals surface area contributed by atoms with Gasteiger partial charge in [0.25, 0.3) is 0 Å². The van der Waals surface area contributed by atoms with Crippen molar-refractivity contribution in [3.8, 4) is 0 Å². The smallest absolute Gasteiger partial charge is 0.287 e. The summed E-state index contributed by atoms with van der Waals surface area (Å²) >= 11 is 0. The lowest BCUT2D eigenvalue weighted by Gasteiger charge is -1.82. The summed E-state index contributed by atoms with van der Waals surface area (Å²) in [4.78, 5) is 13.5. The number of ketones is 1. The number of hydrogen-bond donors (Lipinski definition) is 1. The molecule has 3 nitrogen and oxygen atoms in total. The summed E-state index contributed by atoms with van der Waals surface area (Å²) in [6.07, 6.45) is 7.39. The van der Waals surface area contributed by atoms with Crippen LogP contribution in [-0.2, 0) is 4.79 Å². The predicted octanol–water partition coefficient (Wildman–Crippen LogP) is 1.39. The summed E-state index contributed by atoms with van der Waals surface area (Å²) in [5.74, 6) is -0.117. The molecule has 3 heteroatoms. The highest BCUT2D eigenvalue weighted by atomic mass is 16.1. The molecule has 0 saturated carbocycles. The number of Topliss-reactive ketones (excluding diaryl/α,β-unsaturated/α-hetero) is 1. The van der Waals surface area contributed by atoms with Crippen LogP contribution in [0.4, 0.5) is 0 Å². The van der Waals surface area contributed by atoms with Gasteiger partial charge in [-0.3, -0.25) is 4.79 Å². The highest BCUT2D eigenvalue weighted by Gasteiger charge is 2.00. The Hall–Kier alpha value is -1.47. The van der Waals surface area contributed by atoms with Crippen molar-refractivity contribution >= 4 is 12.0 Å². The lowest BCUT2D eigenvalue weighted by molar-refractivity contribution is -0.131. The minimum atomic E-state index is -0.117. The van der Waals surface area contributed by atoms with E-state index in [9.17, 15) is 4.79 Å². The van der Waals surface area contributed by atoms with Gasteiger partial charge >= 0.3 is 6.21 Å². The number of rotatable bonds is 5. The SMILES string of the molecule is C=CC=CCCC(=O)C=[N+]=N. The van der Waals surface area contributed by atoms with Gasteiger partial charge in [-0.25, -0.2) is 0 Å². The summed E-state index contributed by atoms with van der Waals surface area (Å²) in [7, 11) is 0. The van der Waals surface area contributed by atoms with Crippen molar-refractivity contribution in [2.45, 2.75) is 12.8 Å². The minimum Gasteiger partial charge on any atom is -0.287 e. The Kier molecular flexibility index (Phi) is 5.76. The lowest BCUT2D eigenvalue weighted by Crippen LogP contribution is -1.97. The molecule has 1 N–H and O–H groups in total. The van der Waals surface area contributed by atoms with Crippen molar-refractivity contribution in [1.29, 1.82) is 5.53 Å². The van der Waals surface area contributed by atoms with Crippen LogP contribution in [0.5, 0.6) is 0 Å². The molecule has 0 aromatic heterocycles. The van der Waals surface area contributed by atoms with Gasteiger partial charge in [0.2, 0.25) is 5.78 Å². The molecule has 0 rings (SSSR count). The van der Waals surface area contributed by atoms with E-state index < -0.39 is 0 Å². The molecule has 0 fully saturated rings. The first-order chi connectivity index (χ1) is 5.31. The molecule has 0 atom stereocenters.